The smallest absolute Gasteiger partial charge is 0.435 e. The van der Waals surface area contributed by atoms with Crippen molar-refractivity contribution >= 4 is 17.6 Å². The maximum atomic E-state index is 13.7. The lowest BCUT2D eigenvalue weighted by Gasteiger charge is -2.13. The SMILES string of the molecule is COC(=O)c1cc(NC(=O)c2nnn(-c3ccc(F)cc3)c2C(F)(F)F)cc(C)c1C. The maximum Gasteiger partial charge on any atom is 0.435 e. The summed E-state index contributed by atoms with van der Waals surface area (Å²) in [7, 11) is 1.19. The highest BCUT2D eigenvalue weighted by molar-refractivity contribution is 6.04. The number of carbonyl (C=O) groups is 2. The summed E-state index contributed by atoms with van der Waals surface area (Å²) in [6.07, 6.45) is -4.98. The minimum atomic E-state index is -4.98. The van der Waals surface area contributed by atoms with Crippen molar-refractivity contribution in [2.24, 2.45) is 0 Å². The highest BCUT2D eigenvalue weighted by atomic mass is 19.4. The lowest BCUT2D eigenvalue weighted by molar-refractivity contribution is -0.143. The molecule has 0 unspecified atom stereocenters. The zero-order chi connectivity index (χ0) is 22.9. The maximum absolute atomic E-state index is 13.7. The van der Waals surface area contributed by atoms with E-state index in [1.165, 1.54) is 19.2 Å². The van der Waals surface area contributed by atoms with Crippen molar-refractivity contribution in [3.05, 3.63) is 70.3 Å². The summed E-state index contributed by atoms with van der Waals surface area (Å²) < 4.78 is 59.4. The number of anilines is 1. The molecular formula is C20H16F4N4O3. The fraction of sp³-hybridized carbons (Fsp3) is 0.200. The van der Waals surface area contributed by atoms with Gasteiger partial charge in [-0.3, -0.25) is 4.79 Å². The number of hydrogen-bond acceptors (Lipinski definition) is 5. The van der Waals surface area contributed by atoms with Crippen LogP contribution >= 0.6 is 0 Å². The number of rotatable bonds is 4. The Balaban J connectivity index is 2.02. The van der Waals surface area contributed by atoms with Crippen molar-refractivity contribution in [3.63, 3.8) is 0 Å². The molecule has 162 valence electrons. The van der Waals surface area contributed by atoms with Crippen LogP contribution in [0.5, 0.6) is 0 Å². The van der Waals surface area contributed by atoms with Gasteiger partial charge in [-0.2, -0.15) is 13.2 Å². The molecule has 7 nitrogen and oxygen atoms in total. The fourth-order valence-corrected chi connectivity index (χ4v) is 2.90. The topological polar surface area (TPSA) is 86.1 Å². The van der Waals surface area contributed by atoms with E-state index in [4.69, 9.17) is 0 Å². The molecule has 0 aliphatic carbocycles. The van der Waals surface area contributed by atoms with Gasteiger partial charge in [0.25, 0.3) is 5.91 Å². The molecule has 31 heavy (non-hydrogen) atoms. The Morgan fingerprint density at radius 2 is 1.74 bits per heavy atom. The predicted octanol–water partition coefficient (Wildman–Crippen LogP) is 4.08. The minimum absolute atomic E-state index is 0.0814. The van der Waals surface area contributed by atoms with Crippen LogP contribution < -0.4 is 5.32 Å². The van der Waals surface area contributed by atoms with Gasteiger partial charge in [-0.15, -0.1) is 5.10 Å². The van der Waals surface area contributed by atoms with E-state index < -0.39 is 35.3 Å². The van der Waals surface area contributed by atoms with Crippen LogP contribution in [0.3, 0.4) is 0 Å². The van der Waals surface area contributed by atoms with E-state index in [9.17, 15) is 27.2 Å². The summed E-state index contributed by atoms with van der Waals surface area (Å²) in [6, 6.07) is 6.86. The van der Waals surface area contributed by atoms with Gasteiger partial charge in [-0.1, -0.05) is 5.21 Å². The molecule has 0 spiro atoms. The molecule has 0 aliphatic heterocycles. The lowest BCUT2D eigenvalue weighted by Crippen LogP contribution is -2.21. The standard InChI is InChI=1S/C20H16F4N4O3/c1-10-8-13(9-15(11(10)2)19(30)31-3)25-18(29)16-17(20(22,23)24)28(27-26-16)14-6-4-12(21)5-7-14/h4-9H,1-3H3,(H,25,29). The first-order valence-electron chi connectivity index (χ1n) is 8.82. The first-order chi connectivity index (χ1) is 14.5. The summed E-state index contributed by atoms with van der Waals surface area (Å²) in [5.41, 5.74) is -1.07. The number of nitrogens with one attached hydrogen (secondary N) is 1. The van der Waals surface area contributed by atoms with E-state index in [1.54, 1.807) is 13.8 Å². The number of methoxy groups -OCH3 is 1. The van der Waals surface area contributed by atoms with Crippen LogP contribution in [0.4, 0.5) is 23.2 Å². The number of aryl methyl sites for hydroxylation is 1. The number of halogens is 4. The largest absolute Gasteiger partial charge is 0.465 e. The molecule has 1 amide bonds. The Morgan fingerprint density at radius 3 is 2.32 bits per heavy atom. The van der Waals surface area contributed by atoms with Crippen LogP contribution in [0, 0.1) is 19.7 Å². The monoisotopic (exact) mass is 436 g/mol. The van der Waals surface area contributed by atoms with Crippen LogP contribution in [0.15, 0.2) is 36.4 Å². The Bertz CT molecular complexity index is 1150. The Labute approximate surface area is 173 Å². The summed E-state index contributed by atoms with van der Waals surface area (Å²) in [4.78, 5) is 24.6. The van der Waals surface area contributed by atoms with E-state index in [1.807, 2.05) is 0 Å². The average Bonchev–Trinajstić information content (AvgIpc) is 3.16. The number of ether oxygens (including phenoxy) is 1. The van der Waals surface area contributed by atoms with Gasteiger partial charge in [-0.25, -0.2) is 13.9 Å². The molecule has 0 radical (unpaired) electrons. The van der Waals surface area contributed by atoms with Gasteiger partial charge in [0.05, 0.1) is 18.4 Å². The van der Waals surface area contributed by atoms with E-state index in [0.29, 0.717) is 15.8 Å². The molecule has 3 aromatic rings. The summed E-state index contributed by atoms with van der Waals surface area (Å²) in [5, 5.41) is 9.12. The van der Waals surface area contributed by atoms with E-state index in [-0.39, 0.29) is 16.9 Å². The van der Waals surface area contributed by atoms with E-state index >= 15 is 0 Å². The summed E-state index contributed by atoms with van der Waals surface area (Å²) in [5.74, 6) is -2.48. The first-order valence-corrected chi connectivity index (χ1v) is 8.82. The zero-order valence-corrected chi connectivity index (χ0v) is 16.5. The van der Waals surface area contributed by atoms with Gasteiger partial charge < -0.3 is 10.1 Å². The predicted molar refractivity (Wildman–Crippen MR) is 102 cm³/mol. The van der Waals surface area contributed by atoms with Crippen molar-refractivity contribution in [2.75, 3.05) is 12.4 Å². The minimum Gasteiger partial charge on any atom is -0.465 e. The number of amides is 1. The van der Waals surface area contributed by atoms with Gasteiger partial charge in [0.1, 0.15) is 5.82 Å². The Kier molecular flexibility index (Phi) is 5.78. The van der Waals surface area contributed by atoms with Crippen LogP contribution in [0.1, 0.15) is 37.7 Å². The number of benzene rings is 2. The number of nitrogens with zero attached hydrogens (tertiary/aromatic N) is 3. The highest BCUT2D eigenvalue weighted by Gasteiger charge is 2.42. The Morgan fingerprint density at radius 1 is 1.10 bits per heavy atom. The third-order valence-corrected chi connectivity index (χ3v) is 4.56. The molecular weight excluding hydrogens is 420 g/mol. The van der Waals surface area contributed by atoms with Crippen molar-refractivity contribution in [3.8, 4) is 5.69 Å². The molecule has 3 rings (SSSR count). The molecule has 0 fully saturated rings. The molecule has 0 atom stereocenters. The first kappa shape index (κ1) is 21.9. The van der Waals surface area contributed by atoms with Crippen molar-refractivity contribution < 1.29 is 31.9 Å². The Hall–Kier alpha value is -3.76. The number of carbonyl (C=O) groups excluding carboxylic acids is 2. The van der Waals surface area contributed by atoms with Crippen LogP contribution in [0.2, 0.25) is 0 Å². The second-order valence-corrected chi connectivity index (χ2v) is 6.58. The second-order valence-electron chi connectivity index (χ2n) is 6.58. The summed E-state index contributed by atoms with van der Waals surface area (Å²) in [6.45, 7) is 3.34. The molecule has 1 heterocycles. The van der Waals surface area contributed by atoms with Gasteiger partial charge >= 0.3 is 12.1 Å². The van der Waals surface area contributed by atoms with Gasteiger partial charge in [0.15, 0.2) is 11.4 Å². The highest BCUT2D eigenvalue weighted by Crippen LogP contribution is 2.33. The summed E-state index contributed by atoms with van der Waals surface area (Å²) >= 11 is 0. The second kappa shape index (κ2) is 8.17. The average molecular weight is 436 g/mol. The molecule has 0 saturated heterocycles. The van der Waals surface area contributed by atoms with E-state index in [0.717, 1.165) is 24.3 Å². The van der Waals surface area contributed by atoms with Crippen molar-refractivity contribution in [1.82, 2.24) is 15.0 Å². The number of aromatic nitrogens is 3. The van der Waals surface area contributed by atoms with Crippen LogP contribution in [0.25, 0.3) is 5.69 Å². The van der Waals surface area contributed by atoms with Gasteiger partial charge in [0.2, 0.25) is 0 Å². The van der Waals surface area contributed by atoms with Gasteiger partial charge in [-0.05, 0) is 61.4 Å². The molecule has 1 N–H and O–H groups in total. The zero-order valence-electron chi connectivity index (χ0n) is 16.5. The van der Waals surface area contributed by atoms with Gasteiger partial charge in [0, 0.05) is 5.69 Å². The quantitative estimate of drug-likeness (QED) is 0.492. The fourth-order valence-electron chi connectivity index (χ4n) is 2.90. The lowest BCUT2D eigenvalue weighted by atomic mass is 10.0. The third kappa shape index (κ3) is 4.39. The molecule has 1 aromatic heterocycles. The molecule has 0 aliphatic rings. The third-order valence-electron chi connectivity index (χ3n) is 4.56. The molecule has 11 heteroatoms. The van der Waals surface area contributed by atoms with Crippen LogP contribution in [-0.4, -0.2) is 34.0 Å². The number of esters is 1. The normalized spacial score (nSPS) is 11.3. The van der Waals surface area contributed by atoms with Crippen molar-refractivity contribution in [2.45, 2.75) is 20.0 Å². The van der Waals surface area contributed by atoms with Crippen LogP contribution in [-0.2, 0) is 10.9 Å². The molecule has 0 bridgehead atoms. The van der Waals surface area contributed by atoms with E-state index in [2.05, 4.69) is 20.4 Å². The molecule has 0 saturated carbocycles. The number of alkyl halides is 3. The number of hydrogen-bond donors (Lipinski definition) is 1. The van der Waals surface area contributed by atoms with Crippen molar-refractivity contribution in [1.29, 1.82) is 0 Å². The molecule has 2 aromatic carbocycles.